The molecule has 0 radical (unpaired) electrons. The topological polar surface area (TPSA) is 63.6 Å². The highest BCUT2D eigenvalue weighted by molar-refractivity contribution is 5.77. The molecule has 5 nitrogen and oxygen atoms in total. The number of carbonyl (C=O) groups is 1. The molecule has 0 bridgehead atoms. The number of amides is 1. The summed E-state index contributed by atoms with van der Waals surface area (Å²) in [5.74, 6) is 0.401. The number of rotatable bonds is 0. The zero-order valence-corrected chi connectivity index (χ0v) is 12.0. The van der Waals surface area contributed by atoms with Gasteiger partial charge in [0.25, 0.3) is 0 Å². The SMILES string of the molecule is O=C1CCC[C@@H]2[C@H]3CCC[N@+]4([O-])CCC[C@@](O)(CN12)[C@@H]34. The van der Waals surface area contributed by atoms with Crippen molar-refractivity contribution < 1.29 is 14.5 Å². The third kappa shape index (κ3) is 1.63. The van der Waals surface area contributed by atoms with Gasteiger partial charge in [-0.15, -0.1) is 0 Å². The van der Waals surface area contributed by atoms with E-state index < -0.39 is 5.60 Å². The maximum atomic E-state index is 13.2. The van der Waals surface area contributed by atoms with Crippen molar-refractivity contribution in [2.45, 2.75) is 62.6 Å². The van der Waals surface area contributed by atoms with Crippen LogP contribution in [0.3, 0.4) is 0 Å². The lowest BCUT2D eigenvalue weighted by Crippen LogP contribution is -2.78. The minimum absolute atomic E-state index is 0.183. The number of carbonyl (C=O) groups excluding carboxylic acids is 1. The maximum absolute atomic E-state index is 13.2. The standard InChI is InChI=1S/C15H24N2O3/c18-13-6-1-5-12-11-4-2-8-17(20)9-3-7-15(19,14(11)17)10-16(12)13/h11-12,14,19H,1-10H2/t11-,12-,14-,15-,17+/m1/s1. The van der Waals surface area contributed by atoms with E-state index >= 15 is 0 Å². The van der Waals surface area contributed by atoms with Crippen LogP contribution in [0.4, 0.5) is 0 Å². The van der Waals surface area contributed by atoms with Crippen LogP contribution in [0.25, 0.3) is 0 Å². The monoisotopic (exact) mass is 280 g/mol. The molecule has 4 fully saturated rings. The van der Waals surface area contributed by atoms with Gasteiger partial charge in [0.05, 0.1) is 19.6 Å². The van der Waals surface area contributed by atoms with E-state index in [2.05, 4.69) is 0 Å². The fraction of sp³-hybridized carbons (Fsp3) is 0.933. The normalized spacial score (nSPS) is 51.4. The Hall–Kier alpha value is -0.650. The van der Waals surface area contributed by atoms with Gasteiger partial charge in [0.2, 0.25) is 5.91 Å². The van der Waals surface area contributed by atoms with E-state index in [4.69, 9.17) is 0 Å². The van der Waals surface area contributed by atoms with Crippen LogP contribution in [0.15, 0.2) is 0 Å². The summed E-state index contributed by atoms with van der Waals surface area (Å²) >= 11 is 0. The lowest BCUT2D eigenvalue weighted by atomic mass is 9.65. The summed E-state index contributed by atoms with van der Waals surface area (Å²) in [6, 6.07) is 0.0310. The number of quaternary nitrogens is 1. The van der Waals surface area contributed by atoms with Gasteiger partial charge < -0.3 is 19.9 Å². The van der Waals surface area contributed by atoms with Crippen molar-refractivity contribution in [2.24, 2.45) is 5.92 Å². The number of aliphatic hydroxyl groups is 1. The number of hydrogen-bond acceptors (Lipinski definition) is 3. The molecule has 5 heteroatoms. The van der Waals surface area contributed by atoms with Crippen molar-refractivity contribution >= 4 is 5.91 Å². The van der Waals surface area contributed by atoms with Crippen LogP contribution >= 0.6 is 0 Å². The lowest BCUT2D eigenvalue weighted by Gasteiger charge is -2.66. The molecule has 1 N–H and O–H groups in total. The van der Waals surface area contributed by atoms with Gasteiger partial charge in [-0.3, -0.25) is 4.79 Å². The minimum Gasteiger partial charge on any atom is -0.633 e. The number of hydrogen-bond donors (Lipinski definition) is 1. The van der Waals surface area contributed by atoms with E-state index in [0.717, 1.165) is 32.1 Å². The summed E-state index contributed by atoms with van der Waals surface area (Å²) < 4.78 is -0.195. The Labute approximate surface area is 119 Å². The van der Waals surface area contributed by atoms with E-state index in [-0.39, 0.29) is 28.6 Å². The van der Waals surface area contributed by atoms with Crippen LogP contribution in [0.2, 0.25) is 0 Å². The predicted octanol–water partition coefficient (Wildman–Crippen LogP) is 0.999. The Morgan fingerprint density at radius 1 is 1.25 bits per heavy atom. The highest BCUT2D eigenvalue weighted by Gasteiger charge is 2.62. The van der Waals surface area contributed by atoms with E-state index in [1.54, 1.807) is 0 Å². The van der Waals surface area contributed by atoms with Crippen molar-refractivity contribution in [2.75, 3.05) is 19.6 Å². The lowest BCUT2D eigenvalue weighted by molar-refractivity contribution is -0.930. The van der Waals surface area contributed by atoms with Crippen molar-refractivity contribution in [3.63, 3.8) is 0 Å². The molecule has 0 aromatic rings. The Morgan fingerprint density at radius 2 is 2.05 bits per heavy atom. The second-order valence-corrected chi connectivity index (χ2v) is 7.34. The van der Waals surface area contributed by atoms with Gasteiger partial charge in [0.1, 0.15) is 11.6 Å². The first-order valence-corrected chi connectivity index (χ1v) is 8.13. The van der Waals surface area contributed by atoms with Crippen molar-refractivity contribution in [1.82, 2.24) is 4.90 Å². The van der Waals surface area contributed by atoms with Crippen molar-refractivity contribution in [3.8, 4) is 0 Å². The molecule has 4 saturated heterocycles. The fourth-order valence-electron chi connectivity index (χ4n) is 5.60. The molecule has 0 saturated carbocycles. The average molecular weight is 280 g/mol. The van der Waals surface area contributed by atoms with Gasteiger partial charge in [-0.05, 0) is 38.5 Å². The van der Waals surface area contributed by atoms with Crippen LogP contribution < -0.4 is 0 Å². The molecule has 0 aromatic carbocycles. The van der Waals surface area contributed by atoms with E-state index in [1.165, 1.54) is 0 Å². The van der Waals surface area contributed by atoms with Gasteiger partial charge in [-0.2, -0.15) is 0 Å². The highest BCUT2D eigenvalue weighted by Crippen LogP contribution is 2.49. The van der Waals surface area contributed by atoms with Crippen LogP contribution in [0, 0.1) is 11.1 Å². The van der Waals surface area contributed by atoms with Gasteiger partial charge in [-0.25, -0.2) is 0 Å². The van der Waals surface area contributed by atoms with E-state index in [1.807, 2.05) is 4.90 Å². The second-order valence-electron chi connectivity index (χ2n) is 7.34. The first kappa shape index (κ1) is 13.0. The highest BCUT2D eigenvalue weighted by atomic mass is 16.6. The largest absolute Gasteiger partial charge is 0.633 e. The molecule has 0 aromatic heterocycles. The molecule has 0 aliphatic carbocycles. The first-order valence-electron chi connectivity index (χ1n) is 8.13. The Balaban J connectivity index is 1.75. The molecule has 0 spiro atoms. The van der Waals surface area contributed by atoms with Gasteiger partial charge >= 0.3 is 0 Å². The summed E-state index contributed by atoms with van der Waals surface area (Å²) in [7, 11) is 0. The van der Waals surface area contributed by atoms with Crippen LogP contribution in [0.5, 0.6) is 0 Å². The molecular weight excluding hydrogens is 256 g/mol. The van der Waals surface area contributed by atoms with Crippen LogP contribution in [-0.2, 0) is 4.79 Å². The predicted molar refractivity (Wildman–Crippen MR) is 73.4 cm³/mol. The van der Waals surface area contributed by atoms with Crippen LogP contribution in [0.1, 0.15) is 44.9 Å². The smallest absolute Gasteiger partial charge is 0.222 e. The Morgan fingerprint density at radius 3 is 2.90 bits per heavy atom. The van der Waals surface area contributed by atoms with Gasteiger partial charge in [0, 0.05) is 18.4 Å². The molecule has 112 valence electrons. The van der Waals surface area contributed by atoms with Crippen LogP contribution in [-0.4, -0.2) is 57.9 Å². The third-order valence-corrected chi connectivity index (χ3v) is 6.23. The molecule has 1 amide bonds. The summed E-state index contributed by atoms with van der Waals surface area (Å²) in [6.07, 6.45) is 6.00. The maximum Gasteiger partial charge on any atom is 0.222 e. The van der Waals surface area contributed by atoms with Gasteiger partial charge in [0.15, 0.2) is 0 Å². The van der Waals surface area contributed by atoms with Gasteiger partial charge in [-0.1, -0.05) is 0 Å². The molecule has 20 heavy (non-hydrogen) atoms. The number of hydroxylamine groups is 3. The summed E-state index contributed by atoms with van der Waals surface area (Å²) in [5, 5.41) is 24.3. The third-order valence-electron chi connectivity index (χ3n) is 6.23. The molecule has 4 rings (SSSR count). The number of nitrogens with zero attached hydrogens (tertiary/aromatic N) is 2. The minimum atomic E-state index is -0.936. The Bertz CT molecular complexity index is 439. The number of fused-ring (bicyclic) bond motifs is 2. The van der Waals surface area contributed by atoms with Crippen molar-refractivity contribution in [1.29, 1.82) is 0 Å². The van der Waals surface area contributed by atoms with E-state index in [9.17, 15) is 15.1 Å². The average Bonchev–Trinajstić information content (AvgIpc) is 2.39. The molecule has 5 atom stereocenters. The summed E-state index contributed by atoms with van der Waals surface area (Å²) in [5.41, 5.74) is -0.936. The molecule has 0 unspecified atom stereocenters. The number of piperidine rings is 4. The van der Waals surface area contributed by atoms with E-state index in [0.29, 0.717) is 32.5 Å². The summed E-state index contributed by atoms with van der Waals surface area (Å²) in [6.45, 7) is 1.72. The summed E-state index contributed by atoms with van der Waals surface area (Å²) in [4.78, 5) is 14.1. The fourth-order valence-corrected chi connectivity index (χ4v) is 5.60. The second kappa shape index (κ2) is 4.18. The zero-order chi connectivity index (χ0) is 14.0. The van der Waals surface area contributed by atoms with Crippen molar-refractivity contribution in [3.05, 3.63) is 5.21 Å². The molecule has 4 aliphatic rings. The molecular formula is C15H24N2O3. The molecule has 4 heterocycles. The quantitative estimate of drug-likeness (QED) is 0.532. The molecule has 4 aliphatic heterocycles. The first-order chi connectivity index (χ1) is 9.54. The zero-order valence-electron chi connectivity index (χ0n) is 12.0. The Kier molecular flexibility index (Phi) is 2.73.